The average molecular weight is 380 g/mol. The van der Waals surface area contributed by atoms with Crippen molar-refractivity contribution in [1.82, 2.24) is 14.9 Å². The van der Waals surface area contributed by atoms with Gasteiger partial charge in [-0.3, -0.25) is 0 Å². The molecule has 1 aromatic rings. The fourth-order valence-corrected chi connectivity index (χ4v) is 2.61. The van der Waals surface area contributed by atoms with Crippen LogP contribution in [0.1, 0.15) is 57.9 Å². The van der Waals surface area contributed by atoms with E-state index in [0.717, 1.165) is 0 Å². The highest BCUT2D eigenvalue weighted by atomic mass is 16.6. The largest absolute Gasteiger partial charge is 0.477 e. The molecule has 150 valence electrons. The normalized spacial score (nSPS) is 15.6. The summed E-state index contributed by atoms with van der Waals surface area (Å²) in [6.45, 7) is 10.3. The summed E-state index contributed by atoms with van der Waals surface area (Å²) in [5, 5.41) is 12.5. The zero-order chi connectivity index (χ0) is 20.2. The van der Waals surface area contributed by atoms with E-state index in [-0.39, 0.29) is 29.9 Å². The van der Waals surface area contributed by atoms with Crippen molar-refractivity contribution in [1.29, 1.82) is 0 Å². The van der Waals surface area contributed by atoms with Gasteiger partial charge in [0, 0.05) is 25.2 Å². The summed E-state index contributed by atoms with van der Waals surface area (Å²) in [6, 6.07) is 1.47. The summed E-state index contributed by atoms with van der Waals surface area (Å²) < 4.78 is 10.8. The van der Waals surface area contributed by atoms with Gasteiger partial charge in [0.15, 0.2) is 5.69 Å². The van der Waals surface area contributed by atoms with Crippen LogP contribution in [0.3, 0.4) is 0 Å². The molecule has 2 heterocycles. The zero-order valence-electron chi connectivity index (χ0n) is 16.5. The number of carbonyl (C=O) groups is 2. The van der Waals surface area contributed by atoms with Crippen molar-refractivity contribution in [2.24, 2.45) is 0 Å². The first-order valence-corrected chi connectivity index (χ1v) is 9.07. The van der Waals surface area contributed by atoms with E-state index in [4.69, 9.17) is 9.47 Å². The lowest BCUT2D eigenvalue weighted by Crippen LogP contribution is -2.44. The van der Waals surface area contributed by atoms with E-state index in [0.29, 0.717) is 31.7 Å². The molecule has 1 aliphatic rings. The molecule has 9 heteroatoms. The van der Waals surface area contributed by atoms with E-state index in [1.165, 1.54) is 6.07 Å². The van der Waals surface area contributed by atoms with Gasteiger partial charge in [-0.25, -0.2) is 9.59 Å². The molecular formula is C18H28N4O5. The molecule has 1 amide bonds. The number of carbonyl (C=O) groups excluding carboxylic acids is 1. The smallest absolute Gasteiger partial charge is 0.410 e. The number of hydrogen-bond donors (Lipinski definition) is 2. The van der Waals surface area contributed by atoms with Crippen molar-refractivity contribution in [2.45, 2.75) is 65.2 Å². The van der Waals surface area contributed by atoms with Crippen molar-refractivity contribution in [3.63, 3.8) is 0 Å². The second-order valence-corrected chi connectivity index (χ2v) is 7.78. The van der Waals surface area contributed by atoms with E-state index >= 15 is 0 Å². The summed E-state index contributed by atoms with van der Waals surface area (Å²) in [5.74, 6) is -0.748. The average Bonchev–Trinajstić information content (AvgIpc) is 2.53. The fraction of sp³-hybridized carbons (Fsp3) is 0.667. The van der Waals surface area contributed by atoms with Crippen LogP contribution in [0, 0.1) is 0 Å². The molecule has 2 N–H and O–H groups in total. The molecule has 1 aliphatic heterocycles. The Hall–Kier alpha value is -2.58. The van der Waals surface area contributed by atoms with E-state index in [1.54, 1.807) is 4.90 Å². The molecular weight excluding hydrogens is 352 g/mol. The number of hydrogen-bond acceptors (Lipinski definition) is 7. The van der Waals surface area contributed by atoms with Gasteiger partial charge in [-0.2, -0.15) is 9.97 Å². The van der Waals surface area contributed by atoms with Crippen LogP contribution in [-0.4, -0.2) is 62.9 Å². The lowest BCUT2D eigenvalue weighted by Gasteiger charge is -2.33. The second-order valence-electron chi connectivity index (χ2n) is 7.78. The number of aromatic nitrogens is 2. The number of carboxylic acid groups (broad SMARTS) is 1. The summed E-state index contributed by atoms with van der Waals surface area (Å²) in [4.78, 5) is 33.2. The number of amides is 1. The van der Waals surface area contributed by atoms with Crippen LogP contribution in [0.25, 0.3) is 0 Å². The van der Waals surface area contributed by atoms with E-state index in [1.807, 2.05) is 34.6 Å². The number of nitrogens with zero attached hydrogens (tertiary/aromatic N) is 3. The maximum Gasteiger partial charge on any atom is 0.410 e. The molecule has 9 nitrogen and oxygen atoms in total. The standard InChI is InChI=1S/C18H28N4O5/c1-11(2)26-16-20-13(15(23)24)10-14(21-16)19-12-6-8-22(9-7-12)17(25)27-18(3,4)5/h10-12H,6-9H2,1-5H3,(H,23,24)(H,19,20,21). The van der Waals surface area contributed by atoms with Crippen molar-refractivity contribution >= 4 is 17.9 Å². The highest BCUT2D eigenvalue weighted by Crippen LogP contribution is 2.20. The molecule has 0 aromatic carbocycles. The molecule has 0 unspecified atom stereocenters. The Bertz CT molecular complexity index is 679. The van der Waals surface area contributed by atoms with Gasteiger partial charge in [0.25, 0.3) is 0 Å². The minimum absolute atomic E-state index is 0.0265. The van der Waals surface area contributed by atoms with Crippen LogP contribution in [0.4, 0.5) is 10.6 Å². The Morgan fingerprint density at radius 1 is 1.26 bits per heavy atom. The number of likely N-dealkylation sites (tertiary alicyclic amines) is 1. The molecule has 0 radical (unpaired) electrons. The lowest BCUT2D eigenvalue weighted by atomic mass is 10.1. The van der Waals surface area contributed by atoms with Crippen molar-refractivity contribution in [3.8, 4) is 6.01 Å². The Kier molecular flexibility index (Phi) is 6.45. The lowest BCUT2D eigenvalue weighted by molar-refractivity contribution is 0.0210. The fourth-order valence-electron chi connectivity index (χ4n) is 2.61. The first-order chi connectivity index (χ1) is 12.5. The summed E-state index contributed by atoms with van der Waals surface area (Å²) in [5.41, 5.74) is -0.651. The first-order valence-electron chi connectivity index (χ1n) is 9.07. The third kappa shape index (κ3) is 6.58. The van der Waals surface area contributed by atoms with Crippen molar-refractivity contribution < 1.29 is 24.2 Å². The van der Waals surface area contributed by atoms with Crippen LogP contribution in [0.5, 0.6) is 6.01 Å². The Morgan fingerprint density at radius 2 is 1.89 bits per heavy atom. The van der Waals surface area contributed by atoms with Gasteiger partial charge in [0.05, 0.1) is 6.10 Å². The number of anilines is 1. The number of piperidine rings is 1. The van der Waals surface area contributed by atoms with Gasteiger partial charge >= 0.3 is 18.1 Å². The number of carboxylic acids is 1. The van der Waals surface area contributed by atoms with Crippen molar-refractivity contribution in [3.05, 3.63) is 11.8 Å². The summed E-state index contributed by atoms with van der Waals surface area (Å²) >= 11 is 0. The Labute approximate surface area is 159 Å². The van der Waals surface area contributed by atoms with Crippen LogP contribution in [-0.2, 0) is 4.74 Å². The number of aromatic carboxylic acids is 1. The second kappa shape index (κ2) is 8.41. The van der Waals surface area contributed by atoms with Crippen LogP contribution >= 0.6 is 0 Å². The van der Waals surface area contributed by atoms with Gasteiger partial charge in [-0.1, -0.05) is 0 Å². The van der Waals surface area contributed by atoms with E-state index in [2.05, 4.69) is 15.3 Å². The molecule has 0 saturated carbocycles. The predicted molar refractivity (Wildman–Crippen MR) is 99.2 cm³/mol. The Balaban J connectivity index is 1.99. The van der Waals surface area contributed by atoms with E-state index < -0.39 is 11.6 Å². The summed E-state index contributed by atoms with van der Waals surface area (Å²) in [7, 11) is 0. The van der Waals surface area contributed by atoms with Crippen molar-refractivity contribution in [2.75, 3.05) is 18.4 Å². The SMILES string of the molecule is CC(C)Oc1nc(NC2CCN(C(=O)OC(C)(C)C)CC2)cc(C(=O)O)n1. The molecule has 2 rings (SSSR count). The van der Waals surface area contributed by atoms with Gasteiger partial charge in [0.1, 0.15) is 11.4 Å². The van der Waals surface area contributed by atoms with Gasteiger partial charge in [0.2, 0.25) is 0 Å². The van der Waals surface area contributed by atoms with Crippen LogP contribution < -0.4 is 10.1 Å². The minimum Gasteiger partial charge on any atom is -0.477 e. The van der Waals surface area contributed by atoms with Gasteiger partial charge in [-0.15, -0.1) is 0 Å². The minimum atomic E-state index is -1.14. The predicted octanol–water partition coefficient (Wildman–Crippen LogP) is 2.77. The number of nitrogens with one attached hydrogen (secondary N) is 1. The maximum atomic E-state index is 12.1. The highest BCUT2D eigenvalue weighted by molar-refractivity contribution is 5.86. The number of rotatable bonds is 5. The molecule has 0 atom stereocenters. The first kappa shape index (κ1) is 20.7. The molecule has 1 aromatic heterocycles. The molecule has 0 spiro atoms. The van der Waals surface area contributed by atoms with Crippen LogP contribution in [0.2, 0.25) is 0 Å². The monoisotopic (exact) mass is 380 g/mol. The topological polar surface area (TPSA) is 114 Å². The quantitative estimate of drug-likeness (QED) is 0.801. The molecule has 0 bridgehead atoms. The van der Waals surface area contributed by atoms with Gasteiger partial charge in [-0.05, 0) is 47.5 Å². The Morgan fingerprint density at radius 3 is 2.41 bits per heavy atom. The third-order valence-corrected chi connectivity index (χ3v) is 3.76. The molecule has 0 aliphatic carbocycles. The zero-order valence-corrected chi connectivity index (χ0v) is 16.5. The van der Waals surface area contributed by atoms with E-state index in [9.17, 15) is 14.7 Å². The molecule has 1 saturated heterocycles. The third-order valence-electron chi connectivity index (χ3n) is 3.76. The number of ether oxygens (including phenoxy) is 2. The summed E-state index contributed by atoms with van der Waals surface area (Å²) in [6.07, 6.45) is 0.917. The molecule has 27 heavy (non-hydrogen) atoms. The maximum absolute atomic E-state index is 12.1. The molecule has 1 fully saturated rings. The van der Waals surface area contributed by atoms with Crippen LogP contribution in [0.15, 0.2) is 6.07 Å². The van der Waals surface area contributed by atoms with Gasteiger partial charge < -0.3 is 24.8 Å². The highest BCUT2D eigenvalue weighted by Gasteiger charge is 2.27.